The van der Waals surface area contributed by atoms with Gasteiger partial charge in [-0.05, 0) is 32.0 Å². The Hall–Kier alpha value is -3.20. The highest BCUT2D eigenvalue weighted by Gasteiger charge is 2.16. The van der Waals surface area contributed by atoms with Gasteiger partial charge in [0.2, 0.25) is 5.91 Å². The van der Waals surface area contributed by atoms with Crippen molar-refractivity contribution < 1.29 is 14.0 Å². The van der Waals surface area contributed by atoms with E-state index in [9.17, 15) is 14.0 Å². The lowest BCUT2D eigenvalue weighted by molar-refractivity contribution is -0.119. The molecule has 0 saturated heterocycles. The second-order valence-corrected chi connectivity index (χ2v) is 7.13. The van der Waals surface area contributed by atoms with Crippen LogP contribution in [-0.4, -0.2) is 32.3 Å². The number of halogens is 1. The number of carbonyl (C=O) groups is 2. The number of nitrogens with zero attached hydrogens (tertiary/aromatic N) is 3. The molecule has 1 heterocycles. The maximum Gasteiger partial charge on any atom is 0.272 e. The molecule has 29 heavy (non-hydrogen) atoms. The van der Waals surface area contributed by atoms with E-state index >= 15 is 0 Å². The van der Waals surface area contributed by atoms with Crippen molar-refractivity contribution in [3.63, 3.8) is 0 Å². The van der Waals surface area contributed by atoms with Crippen LogP contribution in [-0.2, 0) is 11.3 Å². The van der Waals surface area contributed by atoms with Crippen molar-refractivity contribution in [1.29, 1.82) is 0 Å². The number of rotatable bonds is 6. The van der Waals surface area contributed by atoms with Crippen LogP contribution in [0.15, 0.2) is 53.7 Å². The van der Waals surface area contributed by atoms with Crippen LogP contribution in [0.5, 0.6) is 0 Å². The van der Waals surface area contributed by atoms with E-state index in [2.05, 4.69) is 21.0 Å². The zero-order chi connectivity index (χ0) is 20.8. The maximum atomic E-state index is 13.6. The van der Waals surface area contributed by atoms with E-state index in [1.165, 1.54) is 30.0 Å². The van der Waals surface area contributed by atoms with Crippen LogP contribution in [0, 0.1) is 12.7 Å². The highest BCUT2D eigenvalue weighted by Crippen LogP contribution is 2.24. The molecule has 3 rings (SSSR count). The minimum atomic E-state index is -0.722. The van der Waals surface area contributed by atoms with Gasteiger partial charge < -0.3 is 4.57 Å². The fraction of sp³-hybridized carbons (Fsp3) is 0.200. The van der Waals surface area contributed by atoms with E-state index in [4.69, 9.17) is 0 Å². The summed E-state index contributed by atoms with van der Waals surface area (Å²) in [5.41, 5.74) is 6.41. The molecule has 7 nitrogen and oxygen atoms in total. The number of hydrogen-bond acceptors (Lipinski definition) is 5. The Bertz CT molecular complexity index is 1040. The number of aryl methyl sites for hydroxylation is 1. The van der Waals surface area contributed by atoms with Crippen LogP contribution in [0.1, 0.15) is 22.8 Å². The molecule has 2 aromatic carbocycles. The second-order valence-electron chi connectivity index (χ2n) is 6.19. The van der Waals surface area contributed by atoms with Gasteiger partial charge in [-0.1, -0.05) is 47.7 Å². The zero-order valence-corrected chi connectivity index (χ0v) is 16.8. The van der Waals surface area contributed by atoms with Crippen molar-refractivity contribution in [2.45, 2.75) is 25.5 Å². The molecule has 0 aliphatic rings. The smallest absolute Gasteiger partial charge is 0.272 e. The van der Waals surface area contributed by atoms with Crippen molar-refractivity contribution in [2.24, 2.45) is 0 Å². The number of amides is 2. The maximum absolute atomic E-state index is 13.6. The van der Waals surface area contributed by atoms with Crippen LogP contribution in [0.3, 0.4) is 0 Å². The molecule has 2 amide bonds. The lowest BCUT2D eigenvalue weighted by Gasteiger charge is -2.09. The van der Waals surface area contributed by atoms with Gasteiger partial charge in [0.1, 0.15) is 5.82 Å². The standard InChI is InChI=1S/C20H20FN5O2S/c1-3-26-18(14-8-6-7-13(2)11-14)23-25-20(26)29-12-17(27)22-24-19(28)15-9-4-5-10-16(15)21/h4-11H,3,12H2,1-2H3,(H,22,27)(H,24,28). The van der Waals surface area contributed by atoms with Crippen LogP contribution in [0.25, 0.3) is 11.4 Å². The van der Waals surface area contributed by atoms with E-state index < -0.39 is 17.6 Å². The SMILES string of the molecule is CCn1c(SCC(=O)NNC(=O)c2ccccc2F)nnc1-c1cccc(C)c1. The molecule has 0 aliphatic carbocycles. The minimum absolute atomic E-state index is 0.0174. The summed E-state index contributed by atoms with van der Waals surface area (Å²) in [6, 6.07) is 13.5. The molecule has 0 radical (unpaired) electrons. The summed E-state index contributed by atoms with van der Waals surface area (Å²) in [4.78, 5) is 24.0. The van der Waals surface area contributed by atoms with E-state index in [0.29, 0.717) is 11.7 Å². The Labute approximate surface area is 171 Å². The molecule has 0 unspecified atom stereocenters. The Morgan fingerprint density at radius 3 is 2.62 bits per heavy atom. The van der Waals surface area contributed by atoms with Crippen LogP contribution in [0.4, 0.5) is 4.39 Å². The molecule has 0 spiro atoms. The highest BCUT2D eigenvalue weighted by molar-refractivity contribution is 7.99. The molecule has 0 bridgehead atoms. The quantitative estimate of drug-likeness (QED) is 0.479. The van der Waals surface area contributed by atoms with Gasteiger partial charge in [-0.3, -0.25) is 20.4 Å². The topological polar surface area (TPSA) is 88.9 Å². The third kappa shape index (κ3) is 5.00. The Kier molecular flexibility index (Phi) is 6.61. The Morgan fingerprint density at radius 2 is 1.90 bits per heavy atom. The van der Waals surface area contributed by atoms with Crippen molar-refractivity contribution in [1.82, 2.24) is 25.6 Å². The second kappa shape index (κ2) is 9.33. The first kappa shape index (κ1) is 20.5. The predicted molar refractivity (Wildman–Crippen MR) is 109 cm³/mol. The summed E-state index contributed by atoms with van der Waals surface area (Å²) in [5, 5.41) is 9.02. The average molecular weight is 413 g/mol. The van der Waals surface area contributed by atoms with Gasteiger partial charge in [0.25, 0.3) is 5.91 Å². The number of nitrogens with one attached hydrogen (secondary N) is 2. The number of thioether (sulfide) groups is 1. The number of benzene rings is 2. The molecule has 0 atom stereocenters. The van der Waals surface area contributed by atoms with Gasteiger partial charge in [-0.2, -0.15) is 0 Å². The summed E-state index contributed by atoms with van der Waals surface area (Å²) in [7, 11) is 0. The van der Waals surface area contributed by atoms with Gasteiger partial charge in [0.15, 0.2) is 11.0 Å². The van der Waals surface area contributed by atoms with E-state index in [-0.39, 0.29) is 11.3 Å². The minimum Gasteiger partial charge on any atom is -0.302 e. The van der Waals surface area contributed by atoms with Gasteiger partial charge in [0.05, 0.1) is 11.3 Å². The number of aromatic nitrogens is 3. The van der Waals surface area contributed by atoms with Crippen molar-refractivity contribution in [3.8, 4) is 11.4 Å². The van der Waals surface area contributed by atoms with Crippen LogP contribution in [0.2, 0.25) is 0 Å². The fourth-order valence-electron chi connectivity index (χ4n) is 2.68. The average Bonchev–Trinajstić information content (AvgIpc) is 3.13. The van der Waals surface area contributed by atoms with Crippen LogP contribution < -0.4 is 10.9 Å². The highest BCUT2D eigenvalue weighted by atomic mass is 32.2. The Morgan fingerprint density at radius 1 is 1.10 bits per heavy atom. The first-order valence-corrected chi connectivity index (χ1v) is 9.95. The molecule has 150 valence electrons. The predicted octanol–water partition coefficient (Wildman–Crippen LogP) is 2.97. The monoisotopic (exact) mass is 413 g/mol. The molecular formula is C20H20FN5O2S. The third-order valence-corrected chi connectivity index (χ3v) is 5.04. The molecule has 3 aromatic rings. The summed E-state index contributed by atoms with van der Waals surface area (Å²) < 4.78 is 15.5. The lowest BCUT2D eigenvalue weighted by Crippen LogP contribution is -2.42. The lowest BCUT2D eigenvalue weighted by atomic mass is 10.1. The first-order valence-electron chi connectivity index (χ1n) is 8.96. The van der Waals surface area contributed by atoms with E-state index in [1.54, 1.807) is 6.07 Å². The van der Waals surface area contributed by atoms with E-state index in [0.717, 1.165) is 17.0 Å². The number of hydrogen-bond donors (Lipinski definition) is 2. The number of carbonyl (C=O) groups excluding carboxylic acids is 2. The molecule has 2 N–H and O–H groups in total. The largest absolute Gasteiger partial charge is 0.302 e. The van der Waals surface area contributed by atoms with Crippen molar-refractivity contribution in [3.05, 3.63) is 65.5 Å². The first-order chi connectivity index (χ1) is 14.0. The van der Waals surface area contributed by atoms with Gasteiger partial charge in [0, 0.05) is 12.1 Å². The summed E-state index contributed by atoms with van der Waals surface area (Å²) in [6.45, 7) is 4.62. The third-order valence-electron chi connectivity index (χ3n) is 4.08. The molecule has 1 aromatic heterocycles. The van der Waals surface area contributed by atoms with Crippen LogP contribution >= 0.6 is 11.8 Å². The Balaban J connectivity index is 1.59. The molecule has 9 heteroatoms. The zero-order valence-electron chi connectivity index (χ0n) is 16.0. The van der Waals surface area contributed by atoms with Gasteiger partial charge in [-0.25, -0.2) is 4.39 Å². The van der Waals surface area contributed by atoms with Gasteiger partial charge >= 0.3 is 0 Å². The molecule has 0 saturated carbocycles. The van der Waals surface area contributed by atoms with Crippen molar-refractivity contribution in [2.75, 3.05) is 5.75 Å². The van der Waals surface area contributed by atoms with Crippen molar-refractivity contribution >= 4 is 23.6 Å². The van der Waals surface area contributed by atoms with E-state index in [1.807, 2.05) is 42.7 Å². The normalized spacial score (nSPS) is 10.6. The summed E-state index contributed by atoms with van der Waals surface area (Å²) in [5.74, 6) is -1.08. The van der Waals surface area contributed by atoms with Gasteiger partial charge in [-0.15, -0.1) is 10.2 Å². The summed E-state index contributed by atoms with van der Waals surface area (Å²) in [6.07, 6.45) is 0. The molecule has 0 aliphatic heterocycles. The number of hydrazine groups is 1. The molecular weight excluding hydrogens is 393 g/mol. The fourth-order valence-corrected chi connectivity index (χ4v) is 3.49. The molecule has 0 fully saturated rings. The summed E-state index contributed by atoms with van der Waals surface area (Å²) >= 11 is 1.20.